The molecule has 9 heteroatoms. The van der Waals surface area contributed by atoms with Crippen molar-refractivity contribution in [1.82, 2.24) is 20.1 Å². The standard InChI is InChI=1S/C37H37N5O4/c1-23(2)42-22-29(14-19-33(42)43)27-10-7-11-28(20-27)34(26-8-5-4-6-9-26)35(40-37(45)46-31-17-18-31)36(44)39-30-15-12-25(13-16-30)32-21-38-41-24(32)3/h4-16,19-23,31,34-35H,17-18H2,1-3H3,(H,38,41)(H,39,44)(H,40,45). The molecule has 2 aromatic heterocycles. The van der Waals surface area contributed by atoms with E-state index >= 15 is 0 Å². The second-order valence-electron chi connectivity index (χ2n) is 11.9. The molecule has 0 bridgehead atoms. The number of rotatable bonds is 10. The molecule has 1 aliphatic rings. The van der Waals surface area contributed by atoms with Gasteiger partial charge < -0.3 is 19.9 Å². The lowest BCUT2D eigenvalue weighted by molar-refractivity contribution is -0.118. The van der Waals surface area contributed by atoms with Gasteiger partial charge in [0, 0.05) is 41.7 Å². The SMILES string of the molecule is Cc1n[nH]cc1-c1ccc(NC(=O)C(NC(=O)OC2CC2)C(c2ccccc2)c2cccc(-c3ccc(=O)n(C(C)C)c3)c2)cc1. The summed E-state index contributed by atoms with van der Waals surface area (Å²) in [7, 11) is 0. The van der Waals surface area contributed by atoms with Crippen LogP contribution >= 0.6 is 0 Å². The first-order chi connectivity index (χ1) is 22.3. The number of H-pyrrole nitrogens is 1. The van der Waals surface area contributed by atoms with E-state index in [-0.39, 0.29) is 23.6 Å². The minimum Gasteiger partial charge on any atom is -0.446 e. The second-order valence-corrected chi connectivity index (χ2v) is 11.9. The van der Waals surface area contributed by atoms with Gasteiger partial charge in [0.15, 0.2) is 0 Å². The van der Waals surface area contributed by atoms with Gasteiger partial charge in [-0.2, -0.15) is 5.10 Å². The summed E-state index contributed by atoms with van der Waals surface area (Å²) in [4.78, 5) is 39.7. The number of pyridine rings is 1. The van der Waals surface area contributed by atoms with Crippen molar-refractivity contribution < 1.29 is 14.3 Å². The lowest BCUT2D eigenvalue weighted by Gasteiger charge is -2.28. The van der Waals surface area contributed by atoms with Gasteiger partial charge in [-0.1, -0.05) is 66.7 Å². The highest BCUT2D eigenvalue weighted by molar-refractivity contribution is 5.98. The second kappa shape index (κ2) is 13.3. The summed E-state index contributed by atoms with van der Waals surface area (Å²) in [6.07, 6.45) is 4.57. The number of aromatic amines is 1. The van der Waals surface area contributed by atoms with Crippen LogP contribution in [-0.4, -0.2) is 38.9 Å². The van der Waals surface area contributed by atoms with Gasteiger partial charge in [-0.05, 0) is 79.6 Å². The highest BCUT2D eigenvalue weighted by atomic mass is 16.6. The minimum absolute atomic E-state index is 0.000215. The smallest absolute Gasteiger partial charge is 0.408 e. The summed E-state index contributed by atoms with van der Waals surface area (Å²) >= 11 is 0. The van der Waals surface area contributed by atoms with Crippen molar-refractivity contribution in [2.45, 2.75) is 57.7 Å². The highest BCUT2D eigenvalue weighted by Crippen LogP contribution is 2.33. The highest BCUT2D eigenvalue weighted by Gasteiger charge is 2.35. The molecule has 2 unspecified atom stereocenters. The fourth-order valence-electron chi connectivity index (χ4n) is 5.63. The molecule has 234 valence electrons. The quantitative estimate of drug-likeness (QED) is 0.159. The molecular weight excluding hydrogens is 578 g/mol. The van der Waals surface area contributed by atoms with Crippen LogP contribution in [0.25, 0.3) is 22.3 Å². The molecule has 3 N–H and O–H groups in total. The molecule has 0 radical (unpaired) electrons. The zero-order valence-corrected chi connectivity index (χ0v) is 26.1. The molecule has 0 spiro atoms. The summed E-state index contributed by atoms with van der Waals surface area (Å²) in [5, 5.41) is 13.0. The summed E-state index contributed by atoms with van der Waals surface area (Å²) in [6.45, 7) is 5.86. The van der Waals surface area contributed by atoms with Gasteiger partial charge in [0.05, 0.1) is 5.69 Å². The first-order valence-corrected chi connectivity index (χ1v) is 15.5. The molecule has 0 aliphatic heterocycles. The van der Waals surface area contributed by atoms with E-state index in [0.29, 0.717) is 5.69 Å². The predicted molar refractivity (Wildman–Crippen MR) is 179 cm³/mol. The number of alkyl carbamates (subject to hydrolysis) is 1. The number of benzene rings is 3. The van der Waals surface area contributed by atoms with Crippen LogP contribution in [0, 0.1) is 6.92 Å². The number of carbonyl (C=O) groups excluding carboxylic acids is 2. The summed E-state index contributed by atoms with van der Waals surface area (Å²) in [6, 6.07) is 27.4. The van der Waals surface area contributed by atoms with E-state index in [9.17, 15) is 14.4 Å². The number of anilines is 1. The van der Waals surface area contributed by atoms with Crippen molar-refractivity contribution in [3.8, 4) is 22.3 Å². The first kappa shape index (κ1) is 30.6. The molecule has 0 saturated heterocycles. The maximum absolute atomic E-state index is 14.2. The third-order valence-corrected chi connectivity index (χ3v) is 8.21. The van der Waals surface area contributed by atoms with Crippen molar-refractivity contribution in [1.29, 1.82) is 0 Å². The Morgan fingerprint density at radius 1 is 0.891 bits per heavy atom. The van der Waals surface area contributed by atoms with Crippen LogP contribution in [0.5, 0.6) is 0 Å². The van der Waals surface area contributed by atoms with Crippen LogP contribution in [0.1, 0.15) is 55.5 Å². The average Bonchev–Trinajstić information content (AvgIpc) is 3.77. The Morgan fingerprint density at radius 3 is 2.28 bits per heavy atom. The number of aryl methyl sites for hydroxylation is 1. The lowest BCUT2D eigenvalue weighted by atomic mass is 9.83. The third kappa shape index (κ3) is 6.94. The van der Waals surface area contributed by atoms with Gasteiger partial charge in [-0.15, -0.1) is 0 Å². The Hall–Kier alpha value is -5.44. The topological polar surface area (TPSA) is 118 Å². The van der Waals surface area contributed by atoms with Crippen LogP contribution in [0.3, 0.4) is 0 Å². The maximum atomic E-state index is 14.2. The predicted octanol–water partition coefficient (Wildman–Crippen LogP) is 6.82. The van der Waals surface area contributed by atoms with Gasteiger partial charge in [0.2, 0.25) is 5.91 Å². The van der Waals surface area contributed by atoms with Crippen LogP contribution in [-0.2, 0) is 9.53 Å². The normalized spacial score (nSPS) is 14.0. The number of amides is 2. The molecular formula is C37H37N5O4. The molecule has 5 aromatic rings. The average molecular weight is 616 g/mol. The Balaban J connectivity index is 1.37. The monoisotopic (exact) mass is 615 g/mol. The zero-order valence-electron chi connectivity index (χ0n) is 26.1. The van der Waals surface area contributed by atoms with E-state index in [1.54, 1.807) is 10.6 Å². The third-order valence-electron chi connectivity index (χ3n) is 8.21. The molecule has 1 saturated carbocycles. The zero-order chi connectivity index (χ0) is 32.2. The number of aromatic nitrogens is 3. The molecule has 1 fully saturated rings. The van der Waals surface area contributed by atoms with E-state index in [2.05, 4.69) is 20.8 Å². The summed E-state index contributed by atoms with van der Waals surface area (Å²) in [5.41, 5.74) is 6.78. The number of ether oxygens (including phenoxy) is 1. The lowest BCUT2D eigenvalue weighted by Crippen LogP contribution is -2.48. The van der Waals surface area contributed by atoms with Crippen LogP contribution in [0.4, 0.5) is 10.5 Å². The van der Waals surface area contributed by atoms with Crippen LogP contribution in [0.15, 0.2) is 108 Å². The number of hydrogen-bond donors (Lipinski definition) is 3. The number of hydrogen-bond acceptors (Lipinski definition) is 5. The van der Waals surface area contributed by atoms with E-state index in [4.69, 9.17) is 4.74 Å². The van der Waals surface area contributed by atoms with E-state index < -0.39 is 18.1 Å². The van der Waals surface area contributed by atoms with Gasteiger partial charge in [-0.3, -0.25) is 14.7 Å². The number of nitrogens with one attached hydrogen (secondary N) is 3. The van der Waals surface area contributed by atoms with Crippen molar-refractivity contribution in [2.75, 3.05) is 5.32 Å². The number of carbonyl (C=O) groups is 2. The van der Waals surface area contributed by atoms with Crippen molar-refractivity contribution >= 4 is 17.7 Å². The molecule has 2 heterocycles. The Kier molecular flexibility index (Phi) is 8.83. The molecule has 9 nitrogen and oxygen atoms in total. The minimum atomic E-state index is -1.01. The van der Waals surface area contributed by atoms with Crippen LogP contribution < -0.4 is 16.2 Å². The molecule has 2 atom stereocenters. The number of nitrogens with zero attached hydrogens (tertiary/aromatic N) is 2. The van der Waals surface area contributed by atoms with Crippen molar-refractivity contribution in [2.24, 2.45) is 0 Å². The van der Waals surface area contributed by atoms with E-state index in [1.165, 1.54) is 0 Å². The Morgan fingerprint density at radius 2 is 1.61 bits per heavy atom. The molecule has 1 aliphatic carbocycles. The molecule has 2 amide bonds. The summed E-state index contributed by atoms with van der Waals surface area (Å²) in [5.74, 6) is -0.940. The Labute approximate surface area is 267 Å². The van der Waals surface area contributed by atoms with E-state index in [0.717, 1.165) is 51.9 Å². The van der Waals surface area contributed by atoms with Gasteiger partial charge >= 0.3 is 6.09 Å². The van der Waals surface area contributed by atoms with Crippen molar-refractivity contribution in [3.05, 3.63) is 131 Å². The fraction of sp³-hybridized carbons (Fsp3) is 0.243. The summed E-state index contributed by atoms with van der Waals surface area (Å²) < 4.78 is 7.25. The maximum Gasteiger partial charge on any atom is 0.408 e. The molecule has 46 heavy (non-hydrogen) atoms. The van der Waals surface area contributed by atoms with Gasteiger partial charge in [0.25, 0.3) is 5.56 Å². The van der Waals surface area contributed by atoms with Gasteiger partial charge in [-0.25, -0.2) is 4.79 Å². The Bertz CT molecular complexity index is 1890. The van der Waals surface area contributed by atoms with Crippen molar-refractivity contribution in [3.63, 3.8) is 0 Å². The molecule has 6 rings (SSSR count). The van der Waals surface area contributed by atoms with Gasteiger partial charge in [0.1, 0.15) is 12.1 Å². The van der Waals surface area contributed by atoms with Crippen LogP contribution in [0.2, 0.25) is 0 Å². The largest absolute Gasteiger partial charge is 0.446 e. The first-order valence-electron chi connectivity index (χ1n) is 15.5. The van der Waals surface area contributed by atoms with E-state index in [1.807, 2.05) is 118 Å². The fourth-order valence-corrected chi connectivity index (χ4v) is 5.63. The molecule has 3 aromatic carbocycles.